The first kappa shape index (κ1) is 20.7. The quantitative estimate of drug-likeness (QED) is 0.215. The Morgan fingerprint density at radius 2 is 1.14 bits per heavy atom. The summed E-state index contributed by atoms with van der Waals surface area (Å²) in [6, 6.07) is 0. The third-order valence-corrected chi connectivity index (χ3v) is 3.55. The molecule has 0 aromatic rings. The summed E-state index contributed by atoms with van der Waals surface area (Å²) in [6.45, 7) is 2.24. The van der Waals surface area contributed by atoms with Crippen LogP contribution in [0.3, 0.4) is 0 Å². The molecule has 1 N–H and O–H groups in total. The largest absolute Gasteiger partial charge is 0.478 e. The lowest BCUT2D eigenvalue weighted by atomic mass is 10.1. The lowest BCUT2D eigenvalue weighted by Crippen LogP contribution is -1.85. The number of allylic oxidation sites excluding steroid dienone is 5. The van der Waals surface area contributed by atoms with Gasteiger partial charge in [0.25, 0.3) is 0 Å². The SMILES string of the molecule is CCCCCC=CCCCC=CCCCCCC=CC(=O)O. The Morgan fingerprint density at radius 3 is 1.64 bits per heavy atom. The predicted molar refractivity (Wildman–Crippen MR) is 96.1 cm³/mol. The molecule has 0 unspecified atom stereocenters. The van der Waals surface area contributed by atoms with Gasteiger partial charge in [-0.05, 0) is 57.8 Å². The first-order valence-corrected chi connectivity index (χ1v) is 8.96. The van der Waals surface area contributed by atoms with Crippen LogP contribution < -0.4 is 0 Å². The summed E-state index contributed by atoms with van der Waals surface area (Å²) in [5, 5.41) is 8.44. The van der Waals surface area contributed by atoms with Gasteiger partial charge in [-0.15, -0.1) is 0 Å². The van der Waals surface area contributed by atoms with Crippen molar-refractivity contribution in [2.24, 2.45) is 0 Å². The van der Waals surface area contributed by atoms with Gasteiger partial charge in [-0.1, -0.05) is 56.6 Å². The molecule has 0 fully saturated rings. The molecule has 2 nitrogen and oxygen atoms in total. The van der Waals surface area contributed by atoms with Gasteiger partial charge in [0.05, 0.1) is 0 Å². The fourth-order valence-electron chi connectivity index (χ4n) is 2.22. The molecule has 0 spiro atoms. The molecule has 0 aliphatic rings. The van der Waals surface area contributed by atoms with Gasteiger partial charge >= 0.3 is 5.97 Å². The van der Waals surface area contributed by atoms with Crippen molar-refractivity contribution in [2.75, 3.05) is 0 Å². The number of hydrogen-bond acceptors (Lipinski definition) is 1. The van der Waals surface area contributed by atoms with Crippen LogP contribution in [-0.4, -0.2) is 11.1 Å². The summed E-state index contributed by atoms with van der Waals surface area (Å²) in [5.74, 6) is -0.848. The van der Waals surface area contributed by atoms with Gasteiger partial charge in [-0.25, -0.2) is 4.79 Å². The van der Waals surface area contributed by atoms with Crippen molar-refractivity contribution in [3.8, 4) is 0 Å². The molecular weight excluding hydrogens is 272 g/mol. The van der Waals surface area contributed by atoms with E-state index in [2.05, 4.69) is 31.2 Å². The molecule has 126 valence electrons. The average Bonchev–Trinajstić information content (AvgIpc) is 2.50. The molecule has 22 heavy (non-hydrogen) atoms. The highest BCUT2D eigenvalue weighted by molar-refractivity contribution is 5.79. The van der Waals surface area contributed by atoms with Gasteiger partial charge in [0, 0.05) is 6.08 Å². The Balaban J connectivity index is 3.22. The number of carboxylic acid groups (broad SMARTS) is 1. The van der Waals surface area contributed by atoms with E-state index in [1.165, 1.54) is 63.9 Å². The van der Waals surface area contributed by atoms with Crippen molar-refractivity contribution >= 4 is 5.97 Å². The molecule has 0 rings (SSSR count). The minimum atomic E-state index is -0.848. The van der Waals surface area contributed by atoms with Gasteiger partial charge in [0.15, 0.2) is 0 Å². The van der Waals surface area contributed by atoms with Crippen molar-refractivity contribution in [3.63, 3.8) is 0 Å². The second-order valence-electron chi connectivity index (χ2n) is 5.75. The van der Waals surface area contributed by atoms with Gasteiger partial charge < -0.3 is 5.11 Å². The Hall–Kier alpha value is -1.31. The number of hydrogen-bond donors (Lipinski definition) is 1. The van der Waals surface area contributed by atoms with Gasteiger partial charge in [-0.2, -0.15) is 0 Å². The third kappa shape index (κ3) is 18.7. The Bertz CT molecular complexity index is 327. The van der Waals surface area contributed by atoms with Crippen molar-refractivity contribution in [1.29, 1.82) is 0 Å². The fourth-order valence-corrected chi connectivity index (χ4v) is 2.22. The topological polar surface area (TPSA) is 37.3 Å². The van der Waals surface area contributed by atoms with E-state index >= 15 is 0 Å². The van der Waals surface area contributed by atoms with Gasteiger partial charge in [0.1, 0.15) is 0 Å². The monoisotopic (exact) mass is 306 g/mol. The molecule has 0 saturated heterocycles. The zero-order chi connectivity index (χ0) is 16.3. The smallest absolute Gasteiger partial charge is 0.327 e. The van der Waals surface area contributed by atoms with E-state index in [1.54, 1.807) is 6.08 Å². The lowest BCUT2D eigenvalue weighted by molar-refractivity contribution is -0.131. The number of rotatable bonds is 15. The summed E-state index contributed by atoms with van der Waals surface area (Å²) >= 11 is 0. The summed E-state index contributed by atoms with van der Waals surface area (Å²) in [5.41, 5.74) is 0. The Morgan fingerprint density at radius 1 is 0.682 bits per heavy atom. The van der Waals surface area contributed by atoms with E-state index in [0.29, 0.717) is 0 Å². The maximum atomic E-state index is 10.3. The van der Waals surface area contributed by atoms with E-state index < -0.39 is 5.97 Å². The molecule has 0 heterocycles. The molecular formula is C20H34O2. The van der Waals surface area contributed by atoms with Crippen LogP contribution in [0, 0.1) is 0 Å². The summed E-state index contributed by atoms with van der Waals surface area (Å²) in [7, 11) is 0. The van der Waals surface area contributed by atoms with Crippen molar-refractivity contribution < 1.29 is 9.90 Å². The van der Waals surface area contributed by atoms with Gasteiger partial charge in [-0.3, -0.25) is 0 Å². The predicted octanol–water partition coefficient (Wildman–Crippen LogP) is 6.44. The number of unbranched alkanes of at least 4 members (excludes halogenated alkanes) is 9. The Labute approximate surface area is 137 Å². The highest BCUT2D eigenvalue weighted by atomic mass is 16.4. The summed E-state index contributed by atoms with van der Waals surface area (Å²) in [6.07, 6.45) is 26.6. The van der Waals surface area contributed by atoms with E-state index in [1.807, 2.05) is 0 Å². The molecule has 0 aliphatic carbocycles. The van der Waals surface area contributed by atoms with Crippen molar-refractivity contribution in [2.45, 2.75) is 84.0 Å². The zero-order valence-corrected chi connectivity index (χ0v) is 14.3. The average molecular weight is 306 g/mol. The number of carboxylic acids is 1. The highest BCUT2D eigenvalue weighted by Crippen LogP contribution is 2.06. The minimum Gasteiger partial charge on any atom is -0.478 e. The summed E-state index contributed by atoms with van der Waals surface area (Å²) in [4.78, 5) is 10.3. The van der Waals surface area contributed by atoms with Crippen LogP contribution in [0.1, 0.15) is 84.0 Å². The Kier molecular flexibility index (Phi) is 16.7. The standard InChI is InChI=1S/C20H34O2/c1-2-3-4-5-6-7-8-9-10-11-12-13-14-15-16-17-18-19-20(21)22/h6-7,11-12,18-19H,2-5,8-10,13-17H2,1H3,(H,21,22). The molecule has 0 radical (unpaired) electrons. The first-order chi connectivity index (χ1) is 10.8. The zero-order valence-electron chi connectivity index (χ0n) is 14.3. The van der Waals surface area contributed by atoms with Crippen LogP contribution in [0.2, 0.25) is 0 Å². The number of aliphatic carboxylic acids is 1. The molecule has 0 aromatic heterocycles. The van der Waals surface area contributed by atoms with Crippen molar-refractivity contribution in [1.82, 2.24) is 0 Å². The molecule has 0 atom stereocenters. The molecule has 0 aliphatic heterocycles. The number of carbonyl (C=O) groups is 1. The molecule has 0 bridgehead atoms. The van der Waals surface area contributed by atoms with Crippen LogP contribution in [0.15, 0.2) is 36.5 Å². The minimum absolute atomic E-state index is 0.848. The third-order valence-electron chi connectivity index (χ3n) is 3.55. The van der Waals surface area contributed by atoms with Crippen LogP contribution in [0.4, 0.5) is 0 Å². The molecule has 2 heteroatoms. The fraction of sp³-hybridized carbons (Fsp3) is 0.650. The van der Waals surface area contributed by atoms with Crippen LogP contribution in [0.25, 0.3) is 0 Å². The molecule has 0 saturated carbocycles. The molecule has 0 aromatic carbocycles. The molecule has 0 amide bonds. The van der Waals surface area contributed by atoms with E-state index in [9.17, 15) is 4.79 Å². The van der Waals surface area contributed by atoms with Crippen LogP contribution in [-0.2, 0) is 4.79 Å². The second kappa shape index (κ2) is 17.7. The van der Waals surface area contributed by atoms with Gasteiger partial charge in [0.2, 0.25) is 0 Å². The van der Waals surface area contributed by atoms with Crippen molar-refractivity contribution in [3.05, 3.63) is 36.5 Å². The lowest BCUT2D eigenvalue weighted by Gasteiger charge is -1.95. The highest BCUT2D eigenvalue weighted by Gasteiger charge is 1.88. The maximum absolute atomic E-state index is 10.3. The normalized spacial score (nSPS) is 12.0. The van der Waals surface area contributed by atoms with Crippen LogP contribution in [0.5, 0.6) is 0 Å². The first-order valence-electron chi connectivity index (χ1n) is 8.96. The van der Waals surface area contributed by atoms with E-state index in [4.69, 9.17) is 5.11 Å². The van der Waals surface area contributed by atoms with Crippen LogP contribution >= 0.6 is 0 Å². The van der Waals surface area contributed by atoms with E-state index in [-0.39, 0.29) is 0 Å². The summed E-state index contributed by atoms with van der Waals surface area (Å²) < 4.78 is 0. The maximum Gasteiger partial charge on any atom is 0.327 e. The second-order valence-corrected chi connectivity index (χ2v) is 5.75. The van der Waals surface area contributed by atoms with E-state index in [0.717, 1.165) is 19.3 Å².